The van der Waals surface area contributed by atoms with Crippen LogP contribution < -0.4 is 0 Å². The zero-order valence-electron chi connectivity index (χ0n) is 33.6. The second kappa shape index (κ2) is 14.7. The first kappa shape index (κ1) is 35.5. The minimum Gasteiger partial charge on any atom is -0.278 e. The number of para-hydroxylation sites is 4. The van der Waals surface area contributed by atoms with Crippen LogP contribution in [-0.2, 0) is 0 Å². The van der Waals surface area contributed by atoms with E-state index in [0.717, 1.165) is 77.0 Å². The lowest BCUT2D eigenvalue weighted by Gasteiger charge is -2.17. The lowest BCUT2D eigenvalue weighted by molar-refractivity contribution is 0.893. The smallest absolute Gasteiger partial charge is 0.240 e. The summed E-state index contributed by atoms with van der Waals surface area (Å²) in [5.74, 6) is 1.68. The maximum atomic E-state index is 5.45. The molecule has 3 aromatic heterocycles. The third-order valence-corrected chi connectivity index (χ3v) is 12.0. The van der Waals surface area contributed by atoms with Gasteiger partial charge in [0, 0.05) is 27.1 Å². The minimum absolute atomic E-state index is 0.549. The maximum absolute atomic E-state index is 5.45. The van der Waals surface area contributed by atoms with Gasteiger partial charge in [-0.3, -0.25) is 9.13 Å². The highest BCUT2D eigenvalue weighted by Crippen LogP contribution is 2.41. The summed E-state index contributed by atoms with van der Waals surface area (Å²) in [6.45, 7) is 0. The van der Waals surface area contributed by atoms with Crippen LogP contribution in [0.1, 0.15) is 0 Å². The zero-order valence-corrected chi connectivity index (χ0v) is 33.6. The Kier molecular flexibility index (Phi) is 8.42. The normalized spacial score (nSPS) is 11.5. The Labute approximate surface area is 358 Å². The molecule has 0 fully saturated rings. The minimum atomic E-state index is 0.549. The van der Waals surface area contributed by atoms with Gasteiger partial charge in [0.05, 0.1) is 22.1 Å². The highest BCUT2D eigenvalue weighted by atomic mass is 15.3. The molecule has 0 bridgehead atoms. The molecule has 0 spiro atoms. The van der Waals surface area contributed by atoms with Gasteiger partial charge in [0.25, 0.3) is 0 Å². The largest absolute Gasteiger partial charge is 0.278 e. The molecule has 290 valence electrons. The molecule has 0 saturated heterocycles. The summed E-state index contributed by atoms with van der Waals surface area (Å²) in [4.78, 5) is 16.3. The van der Waals surface area contributed by atoms with Crippen molar-refractivity contribution in [1.29, 1.82) is 0 Å². The lowest BCUT2D eigenvalue weighted by Crippen LogP contribution is -2.10. The van der Waals surface area contributed by atoms with Crippen molar-refractivity contribution >= 4 is 43.6 Å². The van der Waals surface area contributed by atoms with Crippen molar-refractivity contribution in [3.63, 3.8) is 0 Å². The molecule has 9 aromatic carbocycles. The second-order valence-electron chi connectivity index (χ2n) is 15.6. The molecule has 0 radical (unpaired) electrons. The van der Waals surface area contributed by atoms with Gasteiger partial charge in [-0.15, -0.1) is 0 Å². The van der Waals surface area contributed by atoms with E-state index in [-0.39, 0.29) is 0 Å². The fraction of sp³-hybridized carbons (Fsp3) is 0. The van der Waals surface area contributed by atoms with E-state index in [4.69, 9.17) is 15.0 Å². The Morgan fingerprint density at radius 3 is 1.05 bits per heavy atom. The summed E-state index contributed by atoms with van der Waals surface area (Å²) in [7, 11) is 0. The predicted octanol–water partition coefficient (Wildman–Crippen LogP) is 14.4. The average molecular weight is 792 g/mol. The van der Waals surface area contributed by atoms with Crippen LogP contribution in [0.5, 0.6) is 0 Å². The number of aromatic nitrogens is 5. The monoisotopic (exact) mass is 791 g/mol. The molecule has 3 heterocycles. The van der Waals surface area contributed by atoms with Crippen molar-refractivity contribution in [1.82, 2.24) is 24.1 Å². The first-order valence-corrected chi connectivity index (χ1v) is 21.0. The predicted molar refractivity (Wildman–Crippen MR) is 256 cm³/mol. The number of rotatable bonds is 7. The molecular weight excluding hydrogens is 755 g/mol. The van der Waals surface area contributed by atoms with Crippen LogP contribution in [-0.4, -0.2) is 24.1 Å². The molecule has 5 heteroatoms. The van der Waals surface area contributed by atoms with Crippen molar-refractivity contribution in [2.45, 2.75) is 0 Å². The number of fused-ring (bicyclic) bond motifs is 6. The summed E-state index contributed by atoms with van der Waals surface area (Å²) < 4.78 is 4.37. The van der Waals surface area contributed by atoms with Gasteiger partial charge in [-0.05, 0) is 87.0 Å². The Bertz CT molecular complexity index is 3400. The Morgan fingerprint density at radius 1 is 0.242 bits per heavy atom. The highest BCUT2D eigenvalue weighted by molar-refractivity contribution is 6.10. The molecule has 0 aliphatic carbocycles. The van der Waals surface area contributed by atoms with Crippen LogP contribution in [0.3, 0.4) is 0 Å². The fourth-order valence-corrected chi connectivity index (χ4v) is 9.23. The Balaban J connectivity index is 1.15. The molecule has 0 aliphatic heterocycles. The molecule has 0 aliphatic rings. The van der Waals surface area contributed by atoms with Crippen LogP contribution in [0.15, 0.2) is 224 Å². The van der Waals surface area contributed by atoms with Crippen molar-refractivity contribution in [3.8, 4) is 67.8 Å². The van der Waals surface area contributed by atoms with E-state index >= 15 is 0 Å². The third-order valence-electron chi connectivity index (χ3n) is 12.0. The molecule has 5 nitrogen and oxygen atoms in total. The van der Waals surface area contributed by atoms with Crippen molar-refractivity contribution in [3.05, 3.63) is 224 Å². The van der Waals surface area contributed by atoms with Gasteiger partial charge in [-0.1, -0.05) is 182 Å². The molecular formula is C57H37N5. The first-order valence-electron chi connectivity index (χ1n) is 21.0. The molecule has 0 saturated carbocycles. The van der Waals surface area contributed by atoms with Gasteiger partial charge in [-0.2, -0.15) is 15.0 Å². The highest BCUT2D eigenvalue weighted by Gasteiger charge is 2.22. The summed E-state index contributed by atoms with van der Waals surface area (Å²) >= 11 is 0. The van der Waals surface area contributed by atoms with Crippen LogP contribution in [0.25, 0.3) is 111 Å². The van der Waals surface area contributed by atoms with Crippen molar-refractivity contribution in [2.24, 2.45) is 0 Å². The number of nitrogens with zero attached hydrogens (tertiary/aromatic N) is 5. The topological polar surface area (TPSA) is 48.5 Å². The molecule has 0 N–H and O–H groups in total. The van der Waals surface area contributed by atoms with Gasteiger partial charge in [0.2, 0.25) is 11.9 Å². The van der Waals surface area contributed by atoms with E-state index in [1.807, 2.05) is 0 Å². The quantitative estimate of drug-likeness (QED) is 0.162. The summed E-state index contributed by atoms with van der Waals surface area (Å²) in [5, 5.41) is 4.57. The lowest BCUT2D eigenvalue weighted by atomic mass is 9.88. The first-order chi connectivity index (χ1) is 30.8. The molecule has 0 amide bonds. The summed E-state index contributed by atoms with van der Waals surface area (Å²) in [6.07, 6.45) is 0. The van der Waals surface area contributed by atoms with Crippen molar-refractivity contribution in [2.75, 3.05) is 0 Å². The van der Waals surface area contributed by atoms with Crippen LogP contribution >= 0.6 is 0 Å². The van der Waals surface area contributed by atoms with E-state index in [9.17, 15) is 0 Å². The zero-order chi connectivity index (χ0) is 41.0. The van der Waals surface area contributed by atoms with E-state index < -0.39 is 0 Å². The summed E-state index contributed by atoms with van der Waals surface area (Å²) in [5.41, 5.74) is 14.1. The van der Waals surface area contributed by atoms with Crippen LogP contribution in [0, 0.1) is 0 Å². The van der Waals surface area contributed by atoms with E-state index in [0.29, 0.717) is 17.7 Å². The number of hydrogen-bond acceptors (Lipinski definition) is 3. The molecule has 0 unspecified atom stereocenters. The van der Waals surface area contributed by atoms with E-state index in [1.54, 1.807) is 0 Å². The van der Waals surface area contributed by atoms with Gasteiger partial charge in [0.1, 0.15) is 0 Å². The maximum Gasteiger partial charge on any atom is 0.240 e. The fourth-order valence-electron chi connectivity index (χ4n) is 9.23. The third kappa shape index (κ3) is 5.90. The Morgan fingerprint density at radius 2 is 0.581 bits per heavy atom. The molecule has 12 rings (SSSR count). The second-order valence-corrected chi connectivity index (χ2v) is 15.6. The van der Waals surface area contributed by atoms with E-state index in [1.165, 1.54) is 16.7 Å². The van der Waals surface area contributed by atoms with Gasteiger partial charge < -0.3 is 0 Å². The van der Waals surface area contributed by atoms with Gasteiger partial charge in [0.15, 0.2) is 5.82 Å². The van der Waals surface area contributed by atoms with Crippen molar-refractivity contribution < 1.29 is 0 Å². The number of hydrogen-bond donors (Lipinski definition) is 0. The Hall–Kier alpha value is -8.41. The molecule has 0 atom stereocenters. The van der Waals surface area contributed by atoms with Gasteiger partial charge in [-0.25, -0.2) is 0 Å². The standard InChI is InChI=1S/C57H37N5/c1-3-19-38(20-4-1)40-35-41(44-24-8-10-26-46(44)45-25-9-7-23-43(45)39-21-5-2-6-22-39)37-42(36-40)55-58-56(61-51-31-15-11-27-47(51)48-28-12-16-32-52(48)61)60-57(59-55)62-53-33-17-13-29-49(53)50-30-14-18-34-54(50)62/h1-37H. The van der Waals surface area contributed by atoms with E-state index in [2.05, 4.69) is 234 Å². The number of benzene rings is 9. The average Bonchev–Trinajstić information content (AvgIpc) is 3.87. The molecule has 62 heavy (non-hydrogen) atoms. The van der Waals surface area contributed by atoms with Crippen LogP contribution in [0.2, 0.25) is 0 Å². The SMILES string of the molecule is c1ccc(-c2cc(-c3nc(-n4c5ccccc5c5ccccc54)nc(-n4c5ccccc5c5ccccc54)n3)cc(-c3ccccc3-c3ccccc3-c3ccccc3)c2)cc1. The van der Waals surface area contributed by atoms with Crippen LogP contribution in [0.4, 0.5) is 0 Å². The summed E-state index contributed by atoms with van der Waals surface area (Å²) in [6, 6.07) is 79.4. The van der Waals surface area contributed by atoms with Gasteiger partial charge >= 0.3 is 0 Å². The molecule has 12 aromatic rings.